The van der Waals surface area contributed by atoms with Crippen molar-refractivity contribution in [3.05, 3.63) is 30.1 Å². The summed E-state index contributed by atoms with van der Waals surface area (Å²) in [6.07, 6.45) is 7.02. The van der Waals surface area contributed by atoms with E-state index in [0.717, 1.165) is 18.0 Å². The summed E-state index contributed by atoms with van der Waals surface area (Å²) in [6.45, 7) is 0. The molecular weight excluding hydrogens is 174 g/mol. The fourth-order valence-electron chi connectivity index (χ4n) is 1.92. The topological polar surface area (TPSA) is 50.9 Å². The summed E-state index contributed by atoms with van der Waals surface area (Å²) in [5.41, 5.74) is 3.91. The maximum absolute atomic E-state index is 5.54. The molecule has 1 saturated carbocycles. The lowest BCUT2D eigenvalue weighted by molar-refractivity contribution is 0.260. The van der Waals surface area contributed by atoms with Gasteiger partial charge >= 0.3 is 0 Å². The summed E-state index contributed by atoms with van der Waals surface area (Å²) < 4.78 is 0. The number of hydrazine groups is 1. The zero-order valence-electron chi connectivity index (χ0n) is 8.32. The minimum Gasteiger partial charge on any atom is -0.271 e. The van der Waals surface area contributed by atoms with E-state index in [4.69, 9.17) is 5.84 Å². The molecular formula is C11H17N3. The van der Waals surface area contributed by atoms with Gasteiger partial charge in [0.25, 0.3) is 0 Å². The Bertz CT molecular complexity index is 269. The van der Waals surface area contributed by atoms with Crippen LogP contribution in [-0.2, 0) is 0 Å². The van der Waals surface area contributed by atoms with Crippen molar-refractivity contribution in [2.75, 3.05) is 0 Å². The van der Waals surface area contributed by atoms with Crippen LogP contribution in [0.2, 0.25) is 0 Å². The molecule has 1 fully saturated rings. The quantitative estimate of drug-likeness (QED) is 0.563. The molecule has 14 heavy (non-hydrogen) atoms. The lowest BCUT2D eigenvalue weighted by Gasteiger charge is -2.29. The first-order chi connectivity index (χ1) is 6.90. The number of nitrogens with one attached hydrogen (secondary N) is 1. The van der Waals surface area contributed by atoms with Gasteiger partial charge in [-0.15, -0.1) is 0 Å². The predicted octanol–water partition coefficient (Wildman–Crippen LogP) is 1.78. The highest BCUT2D eigenvalue weighted by Gasteiger charge is 2.22. The van der Waals surface area contributed by atoms with Gasteiger partial charge in [-0.2, -0.15) is 0 Å². The Morgan fingerprint density at radius 3 is 2.86 bits per heavy atom. The van der Waals surface area contributed by atoms with E-state index >= 15 is 0 Å². The third-order valence-electron chi connectivity index (χ3n) is 3.04. The average Bonchev–Trinajstić information content (AvgIpc) is 2.18. The van der Waals surface area contributed by atoms with Gasteiger partial charge in [-0.25, -0.2) is 0 Å². The van der Waals surface area contributed by atoms with Gasteiger partial charge in [0.1, 0.15) is 0 Å². The molecule has 1 atom stereocenters. The van der Waals surface area contributed by atoms with E-state index in [2.05, 4.69) is 10.4 Å². The third-order valence-corrected chi connectivity index (χ3v) is 3.04. The summed E-state index contributed by atoms with van der Waals surface area (Å²) in [5, 5.41) is 0. The van der Waals surface area contributed by atoms with Crippen LogP contribution in [-0.4, -0.2) is 4.98 Å². The molecule has 1 aliphatic carbocycles. The highest BCUT2D eigenvalue weighted by Crippen LogP contribution is 2.33. The lowest BCUT2D eigenvalue weighted by atomic mass is 9.80. The highest BCUT2D eigenvalue weighted by molar-refractivity contribution is 5.08. The van der Waals surface area contributed by atoms with Gasteiger partial charge in [0.15, 0.2) is 0 Å². The minimum absolute atomic E-state index is 0.224. The fourth-order valence-corrected chi connectivity index (χ4v) is 1.92. The second kappa shape index (κ2) is 4.53. The van der Waals surface area contributed by atoms with E-state index in [0.29, 0.717) is 0 Å². The van der Waals surface area contributed by atoms with Gasteiger partial charge in [0.2, 0.25) is 0 Å². The Hall–Kier alpha value is -0.930. The molecule has 1 aliphatic rings. The summed E-state index contributed by atoms with van der Waals surface area (Å²) >= 11 is 0. The normalized spacial score (nSPS) is 18.9. The molecule has 1 aromatic heterocycles. The van der Waals surface area contributed by atoms with E-state index in [1.165, 1.54) is 19.3 Å². The molecule has 2 rings (SSSR count). The number of aromatic nitrogens is 1. The molecule has 1 aromatic rings. The van der Waals surface area contributed by atoms with Crippen LogP contribution in [0.4, 0.5) is 0 Å². The molecule has 3 heteroatoms. The zero-order valence-corrected chi connectivity index (χ0v) is 8.32. The summed E-state index contributed by atoms with van der Waals surface area (Å²) in [5.74, 6) is 6.39. The van der Waals surface area contributed by atoms with E-state index in [1.807, 2.05) is 24.4 Å². The molecule has 0 bridgehead atoms. The SMILES string of the molecule is NNC(CC1CCC1)c1ccccn1. The Morgan fingerprint density at radius 1 is 1.50 bits per heavy atom. The molecule has 1 unspecified atom stereocenters. The largest absolute Gasteiger partial charge is 0.271 e. The van der Waals surface area contributed by atoms with Crippen LogP contribution in [0.1, 0.15) is 37.4 Å². The summed E-state index contributed by atoms with van der Waals surface area (Å²) in [6, 6.07) is 6.19. The first-order valence-corrected chi connectivity index (χ1v) is 5.27. The Balaban J connectivity index is 1.98. The molecule has 0 radical (unpaired) electrons. The molecule has 0 aromatic carbocycles. The van der Waals surface area contributed by atoms with Gasteiger partial charge in [-0.1, -0.05) is 25.3 Å². The second-order valence-corrected chi connectivity index (χ2v) is 4.01. The first kappa shape index (κ1) is 9.62. The van der Waals surface area contributed by atoms with Crippen LogP contribution in [0.3, 0.4) is 0 Å². The van der Waals surface area contributed by atoms with Crippen LogP contribution in [0.15, 0.2) is 24.4 Å². The van der Waals surface area contributed by atoms with Gasteiger partial charge in [-0.3, -0.25) is 16.3 Å². The summed E-state index contributed by atoms with van der Waals surface area (Å²) in [7, 11) is 0. The number of rotatable bonds is 4. The van der Waals surface area contributed by atoms with Crippen molar-refractivity contribution in [2.24, 2.45) is 11.8 Å². The molecule has 3 nitrogen and oxygen atoms in total. The van der Waals surface area contributed by atoms with Gasteiger partial charge in [0.05, 0.1) is 11.7 Å². The van der Waals surface area contributed by atoms with Crippen LogP contribution >= 0.6 is 0 Å². The second-order valence-electron chi connectivity index (χ2n) is 4.01. The Morgan fingerprint density at radius 2 is 2.36 bits per heavy atom. The van der Waals surface area contributed by atoms with Crippen molar-refractivity contribution in [2.45, 2.75) is 31.7 Å². The van der Waals surface area contributed by atoms with Crippen LogP contribution in [0, 0.1) is 5.92 Å². The smallest absolute Gasteiger partial charge is 0.0634 e. The first-order valence-electron chi connectivity index (χ1n) is 5.27. The molecule has 0 saturated heterocycles. The van der Waals surface area contributed by atoms with Crippen LogP contribution in [0.25, 0.3) is 0 Å². The number of pyridine rings is 1. The van der Waals surface area contributed by atoms with Gasteiger partial charge in [0, 0.05) is 6.20 Å². The van der Waals surface area contributed by atoms with E-state index in [-0.39, 0.29) is 6.04 Å². The lowest BCUT2D eigenvalue weighted by Crippen LogP contribution is -2.31. The van der Waals surface area contributed by atoms with Crippen LogP contribution < -0.4 is 11.3 Å². The van der Waals surface area contributed by atoms with Crippen molar-refractivity contribution in [3.63, 3.8) is 0 Å². The van der Waals surface area contributed by atoms with Crippen LogP contribution in [0.5, 0.6) is 0 Å². The number of hydrogen-bond donors (Lipinski definition) is 2. The molecule has 0 aliphatic heterocycles. The van der Waals surface area contributed by atoms with Crippen molar-refractivity contribution in [1.29, 1.82) is 0 Å². The number of hydrogen-bond acceptors (Lipinski definition) is 3. The standard InChI is InChI=1S/C11H17N3/c12-14-11(8-9-4-3-5-9)10-6-1-2-7-13-10/h1-2,6-7,9,11,14H,3-5,8,12H2. The van der Waals surface area contributed by atoms with Crippen molar-refractivity contribution in [3.8, 4) is 0 Å². The maximum Gasteiger partial charge on any atom is 0.0634 e. The highest BCUT2D eigenvalue weighted by atomic mass is 15.2. The third kappa shape index (κ3) is 2.11. The molecule has 0 spiro atoms. The van der Waals surface area contributed by atoms with Gasteiger partial charge in [-0.05, 0) is 24.5 Å². The number of nitrogens with two attached hydrogens (primary N) is 1. The van der Waals surface area contributed by atoms with E-state index in [1.54, 1.807) is 0 Å². The Labute approximate surface area is 84.7 Å². The monoisotopic (exact) mass is 191 g/mol. The molecule has 0 amide bonds. The summed E-state index contributed by atoms with van der Waals surface area (Å²) in [4.78, 5) is 4.32. The van der Waals surface area contributed by atoms with Crippen molar-refractivity contribution in [1.82, 2.24) is 10.4 Å². The fraction of sp³-hybridized carbons (Fsp3) is 0.545. The molecule has 3 N–H and O–H groups in total. The Kier molecular flexibility index (Phi) is 3.11. The van der Waals surface area contributed by atoms with Crippen molar-refractivity contribution >= 4 is 0 Å². The van der Waals surface area contributed by atoms with Gasteiger partial charge < -0.3 is 0 Å². The zero-order chi connectivity index (χ0) is 9.80. The van der Waals surface area contributed by atoms with E-state index in [9.17, 15) is 0 Å². The molecule has 1 heterocycles. The average molecular weight is 191 g/mol. The predicted molar refractivity (Wildman–Crippen MR) is 56.3 cm³/mol. The van der Waals surface area contributed by atoms with E-state index < -0.39 is 0 Å². The van der Waals surface area contributed by atoms with Crippen molar-refractivity contribution < 1.29 is 0 Å². The molecule has 76 valence electrons. The number of nitrogens with zero attached hydrogens (tertiary/aromatic N) is 1. The minimum atomic E-state index is 0.224. The maximum atomic E-state index is 5.54.